The molecule has 2 aromatic rings. The molecule has 0 fully saturated rings. The Kier molecular flexibility index (Phi) is 5.35. The predicted octanol–water partition coefficient (Wildman–Crippen LogP) is 3.50. The van der Waals surface area contributed by atoms with Crippen LogP contribution in [0.15, 0.2) is 16.8 Å². The van der Waals surface area contributed by atoms with Crippen molar-refractivity contribution >= 4 is 23.0 Å². The zero-order valence-corrected chi connectivity index (χ0v) is 13.2. The molecule has 2 N–H and O–H groups in total. The van der Waals surface area contributed by atoms with Gasteiger partial charge in [0.25, 0.3) is 0 Å². The number of aromatic nitrogens is 2. The van der Waals surface area contributed by atoms with Gasteiger partial charge in [-0.1, -0.05) is 6.92 Å². The molecule has 5 heteroatoms. The molecular weight excluding hydrogens is 268 g/mol. The van der Waals surface area contributed by atoms with Gasteiger partial charge in [-0.3, -0.25) is 0 Å². The summed E-state index contributed by atoms with van der Waals surface area (Å²) < 4.78 is 0. The van der Waals surface area contributed by atoms with E-state index in [1.54, 1.807) is 11.3 Å². The van der Waals surface area contributed by atoms with Gasteiger partial charge in [0.1, 0.15) is 17.5 Å². The molecule has 2 aromatic heterocycles. The summed E-state index contributed by atoms with van der Waals surface area (Å²) in [5, 5.41) is 11.0. The van der Waals surface area contributed by atoms with Gasteiger partial charge in [0, 0.05) is 25.1 Å². The molecule has 0 radical (unpaired) electrons. The first kappa shape index (κ1) is 14.8. The van der Waals surface area contributed by atoms with Gasteiger partial charge in [0.2, 0.25) is 0 Å². The highest BCUT2D eigenvalue weighted by Gasteiger charge is 2.09. The number of rotatable bonds is 7. The van der Waals surface area contributed by atoms with Gasteiger partial charge in [-0.15, -0.1) is 0 Å². The molecule has 0 unspecified atom stereocenters. The maximum absolute atomic E-state index is 4.59. The van der Waals surface area contributed by atoms with Crippen molar-refractivity contribution in [1.82, 2.24) is 9.97 Å². The van der Waals surface area contributed by atoms with Crippen LogP contribution < -0.4 is 10.6 Å². The highest BCUT2D eigenvalue weighted by atomic mass is 32.1. The molecular formula is C15H22N4S. The Morgan fingerprint density at radius 2 is 1.90 bits per heavy atom. The van der Waals surface area contributed by atoms with Crippen molar-refractivity contribution < 1.29 is 0 Å². The van der Waals surface area contributed by atoms with Crippen LogP contribution in [0.5, 0.6) is 0 Å². The van der Waals surface area contributed by atoms with E-state index in [0.29, 0.717) is 0 Å². The number of hydrogen-bond donors (Lipinski definition) is 2. The third-order valence-electron chi connectivity index (χ3n) is 3.14. The summed E-state index contributed by atoms with van der Waals surface area (Å²) in [6.45, 7) is 7.98. The molecule has 108 valence electrons. The predicted molar refractivity (Wildman–Crippen MR) is 86.8 cm³/mol. The quantitative estimate of drug-likeness (QED) is 0.819. The van der Waals surface area contributed by atoms with Crippen LogP contribution in [0.2, 0.25) is 0 Å². The first-order chi connectivity index (χ1) is 9.74. The minimum atomic E-state index is 0.845. The molecule has 0 atom stereocenters. The van der Waals surface area contributed by atoms with E-state index in [1.807, 2.05) is 0 Å². The molecule has 0 bridgehead atoms. The zero-order valence-electron chi connectivity index (χ0n) is 12.4. The highest BCUT2D eigenvalue weighted by Crippen LogP contribution is 2.20. The number of hydrogen-bond acceptors (Lipinski definition) is 5. The summed E-state index contributed by atoms with van der Waals surface area (Å²) in [7, 11) is 0. The van der Waals surface area contributed by atoms with Crippen LogP contribution in [-0.4, -0.2) is 23.1 Å². The minimum Gasteiger partial charge on any atom is -0.370 e. The van der Waals surface area contributed by atoms with E-state index >= 15 is 0 Å². The van der Waals surface area contributed by atoms with Crippen LogP contribution in [0.25, 0.3) is 0 Å². The number of anilines is 2. The van der Waals surface area contributed by atoms with Gasteiger partial charge in [-0.25, -0.2) is 9.97 Å². The topological polar surface area (TPSA) is 49.8 Å². The molecule has 0 aliphatic carbocycles. The highest BCUT2D eigenvalue weighted by molar-refractivity contribution is 7.07. The number of nitrogens with zero attached hydrogens (tertiary/aromatic N) is 2. The second-order valence-corrected chi connectivity index (χ2v) is 5.43. The van der Waals surface area contributed by atoms with Gasteiger partial charge in [-0.05, 0) is 42.7 Å². The number of aryl methyl sites for hydroxylation is 1. The van der Waals surface area contributed by atoms with Gasteiger partial charge < -0.3 is 10.6 Å². The second kappa shape index (κ2) is 7.24. The fourth-order valence-electron chi connectivity index (χ4n) is 1.99. The molecule has 0 saturated heterocycles. The summed E-state index contributed by atoms with van der Waals surface area (Å²) in [5.74, 6) is 2.77. The maximum atomic E-state index is 4.59. The van der Waals surface area contributed by atoms with Crippen LogP contribution >= 0.6 is 11.3 Å². The molecule has 0 aromatic carbocycles. The summed E-state index contributed by atoms with van der Waals surface area (Å²) in [5.41, 5.74) is 2.46. The molecule has 20 heavy (non-hydrogen) atoms. The van der Waals surface area contributed by atoms with Crippen molar-refractivity contribution in [3.05, 3.63) is 33.8 Å². The maximum Gasteiger partial charge on any atom is 0.134 e. The van der Waals surface area contributed by atoms with Gasteiger partial charge in [0.15, 0.2) is 0 Å². The fourth-order valence-corrected chi connectivity index (χ4v) is 2.70. The number of thiophene rings is 1. The Morgan fingerprint density at radius 3 is 2.50 bits per heavy atom. The average Bonchev–Trinajstić information content (AvgIpc) is 2.96. The molecule has 4 nitrogen and oxygen atoms in total. The smallest absolute Gasteiger partial charge is 0.134 e. The molecule has 0 amide bonds. The van der Waals surface area contributed by atoms with Gasteiger partial charge in [-0.2, -0.15) is 11.3 Å². The summed E-state index contributed by atoms with van der Waals surface area (Å²) in [6.07, 6.45) is 1.86. The van der Waals surface area contributed by atoms with Crippen LogP contribution in [0, 0.1) is 6.92 Å². The van der Waals surface area contributed by atoms with Crippen LogP contribution in [-0.2, 0) is 12.8 Å². The lowest BCUT2D eigenvalue weighted by Crippen LogP contribution is -2.12. The van der Waals surface area contributed by atoms with Gasteiger partial charge in [0.05, 0.1) is 0 Å². The van der Waals surface area contributed by atoms with E-state index < -0.39 is 0 Å². The Bertz CT molecular complexity index is 537. The third-order valence-corrected chi connectivity index (χ3v) is 3.87. The summed E-state index contributed by atoms with van der Waals surface area (Å²) >= 11 is 1.74. The van der Waals surface area contributed by atoms with E-state index in [-0.39, 0.29) is 0 Å². The molecule has 2 rings (SSSR count). The molecule has 2 heterocycles. The van der Waals surface area contributed by atoms with Crippen molar-refractivity contribution in [3.63, 3.8) is 0 Å². The van der Waals surface area contributed by atoms with Crippen molar-refractivity contribution in [1.29, 1.82) is 0 Å². The van der Waals surface area contributed by atoms with Crippen LogP contribution in [0.3, 0.4) is 0 Å². The van der Waals surface area contributed by atoms with E-state index in [4.69, 9.17) is 0 Å². The van der Waals surface area contributed by atoms with E-state index in [1.165, 1.54) is 5.56 Å². The minimum absolute atomic E-state index is 0.845. The number of nitrogens with one attached hydrogen (secondary N) is 2. The zero-order chi connectivity index (χ0) is 14.4. The van der Waals surface area contributed by atoms with Crippen molar-refractivity contribution in [2.24, 2.45) is 0 Å². The van der Waals surface area contributed by atoms with Crippen LogP contribution in [0.4, 0.5) is 11.6 Å². The Hall–Kier alpha value is -1.62. The van der Waals surface area contributed by atoms with E-state index in [2.05, 4.69) is 58.2 Å². The largest absolute Gasteiger partial charge is 0.370 e. The summed E-state index contributed by atoms with van der Waals surface area (Å²) in [4.78, 5) is 9.13. The van der Waals surface area contributed by atoms with E-state index in [0.717, 1.165) is 49.0 Å². The second-order valence-electron chi connectivity index (χ2n) is 4.65. The summed E-state index contributed by atoms with van der Waals surface area (Å²) in [6, 6.07) is 2.17. The third kappa shape index (κ3) is 3.70. The van der Waals surface area contributed by atoms with E-state index in [9.17, 15) is 0 Å². The normalized spacial score (nSPS) is 10.6. The average molecular weight is 290 g/mol. The first-order valence-electron chi connectivity index (χ1n) is 7.10. The standard InChI is InChI=1S/C15H22N4S/c1-4-13-18-14(16-5-2)11(3)15(19-13)17-8-6-12-7-9-20-10-12/h7,9-10H,4-6,8H2,1-3H3,(H2,16,17,18,19). The Morgan fingerprint density at radius 1 is 1.15 bits per heavy atom. The van der Waals surface area contributed by atoms with Crippen molar-refractivity contribution in [2.75, 3.05) is 23.7 Å². The molecule has 0 aliphatic heterocycles. The molecule has 0 aliphatic rings. The Balaban J connectivity index is 2.07. The SMILES string of the molecule is CCNc1nc(CC)nc(NCCc2ccsc2)c1C. The monoisotopic (exact) mass is 290 g/mol. The lowest BCUT2D eigenvalue weighted by atomic mass is 10.2. The van der Waals surface area contributed by atoms with Gasteiger partial charge >= 0.3 is 0 Å². The fraction of sp³-hybridized carbons (Fsp3) is 0.467. The molecule has 0 spiro atoms. The first-order valence-corrected chi connectivity index (χ1v) is 8.05. The Labute approximate surface area is 124 Å². The van der Waals surface area contributed by atoms with Crippen molar-refractivity contribution in [2.45, 2.75) is 33.6 Å². The lowest BCUT2D eigenvalue weighted by Gasteiger charge is -2.14. The lowest BCUT2D eigenvalue weighted by molar-refractivity contribution is 0.913. The molecule has 0 saturated carbocycles. The van der Waals surface area contributed by atoms with Crippen molar-refractivity contribution in [3.8, 4) is 0 Å². The van der Waals surface area contributed by atoms with Crippen LogP contribution in [0.1, 0.15) is 30.8 Å².